The molecule has 0 amide bonds. The van der Waals surface area contributed by atoms with Crippen molar-refractivity contribution in [3.05, 3.63) is 159 Å². The van der Waals surface area contributed by atoms with Crippen LogP contribution < -0.4 is 0 Å². The van der Waals surface area contributed by atoms with E-state index in [1.807, 2.05) is 38.9 Å². The summed E-state index contributed by atoms with van der Waals surface area (Å²) in [5, 5.41) is 15.2. The number of rotatable bonds is 2. The Kier molecular flexibility index (Phi) is 17.5. The van der Waals surface area contributed by atoms with Crippen LogP contribution >= 0.6 is 0 Å². The van der Waals surface area contributed by atoms with Crippen LogP contribution in [-0.4, -0.2) is 29.8 Å². The number of aliphatic carboxylic acids is 2. The zero-order valence-electron chi connectivity index (χ0n) is 23.0. The molecule has 6 heteroatoms. The van der Waals surface area contributed by atoms with Gasteiger partial charge in [-0.3, -0.25) is 0 Å². The summed E-state index contributed by atoms with van der Waals surface area (Å²) in [4.78, 5) is 18.5. The predicted octanol–water partition coefficient (Wildman–Crippen LogP) is 6.61. The summed E-state index contributed by atoms with van der Waals surface area (Å²) in [6.45, 7) is 5.92. The molecule has 0 aliphatic heterocycles. The van der Waals surface area contributed by atoms with Crippen LogP contribution in [0.4, 0.5) is 0 Å². The number of hydrogen-bond acceptors (Lipinski definition) is 2. The Bertz CT molecular complexity index is 1220. The molecular weight excluding hydrogens is 548 g/mol. The van der Waals surface area contributed by atoms with Gasteiger partial charge in [-0.25, -0.2) is 9.59 Å². The number of benzene rings is 4. The van der Waals surface area contributed by atoms with Gasteiger partial charge in [-0.15, -0.1) is 11.1 Å². The second kappa shape index (κ2) is 19.3. The third kappa shape index (κ3) is 10.4. The average molecular weight is 583 g/mol. The number of fused-ring (bicyclic) bond motifs is 6. The van der Waals surface area contributed by atoms with Gasteiger partial charge in [0.15, 0.2) is 0 Å². The molecule has 2 N–H and O–H groups in total. The van der Waals surface area contributed by atoms with Gasteiger partial charge in [0.2, 0.25) is 0 Å². The molecule has 4 aromatic rings. The molecule has 40 heavy (non-hydrogen) atoms. The second-order valence-electron chi connectivity index (χ2n) is 7.88. The van der Waals surface area contributed by atoms with E-state index < -0.39 is 11.9 Å². The Morgan fingerprint density at radius 1 is 0.650 bits per heavy atom. The van der Waals surface area contributed by atoms with E-state index in [0.717, 1.165) is 25.0 Å². The first-order valence-corrected chi connectivity index (χ1v) is 15.7. The Morgan fingerprint density at radius 3 is 1.27 bits per heavy atom. The molecule has 2 aliphatic carbocycles. The van der Waals surface area contributed by atoms with Crippen LogP contribution in [0.1, 0.15) is 22.3 Å². The van der Waals surface area contributed by atoms with Gasteiger partial charge in [-0.2, -0.15) is 59.7 Å². The van der Waals surface area contributed by atoms with Crippen LogP contribution in [0.3, 0.4) is 0 Å². The topological polar surface area (TPSA) is 74.6 Å². The smallest absolute Gasteiger partial charge is 0.0253 e. The first kappa shape index (κ1) is 36.2. The molecular formula is C34H34O4SiTi-4. The van der Waals surface area contributed by atoms with Gasteiger partial charge in [0, 0.05) is 12.2 Å². The van der Waals surface area contributed by atoms with E-state index in [1.165, 1.54) is 44.5 Å². The summed E-state index contributed by atoms with van der Waals surface area (Å²) in [6.07, 6.45) is 3.76. The molecule has 0 saturated heterocycles. The van der Waals surface area contributed by atoms with E-state index in [2.05, 4.69) is 98.1 Å². The van der Waals surface area contributed by atoms with E-state index >= 15 is 0 Å². The molecule has 0 aromatic heterocycles. The zero-order valence-corrected chi connectivity index (χ0v) is 26.0. The van der Waals surface area contributed by atoms with Crippen molar-refractivity contribution in [1.82, 2.24) is 0 Å². The third-order valence-corrected chi connectivity index (χ3v) is 5.58. The predicted molar refractivity (Wildman–Crippen MR) is 164 cm³/mol. The molecule has 2 aliphatic rings. The first-order valence-electron chi connectivity index (χ1n) is 11.7. The molecule has 0 bridgehead atoms. The molecule has 206 valence electrons. The maximum atomic E-state index is 9.25. The Labute approximate surface area is 252 Å². The summed E-state index contributed by atoms with van der Waals surface area (Å²) in [7, 11) is 1.86. The van der Waals surface area contributed by atoms with Gasteiger partial charge < -0.3 is 25.1 Å². The zero-order chi connectivity index (χ0) is 27.9. The number of carboxylic acid groups (broad SMARTS) is 2. The molecule has 0 saturated carbocycles. The van der Waals surface area contributed by atoms with Crippen molar-refractivity contribution in [2.24, 2.45) is 0 Å². The molecule has 0 radical (unpaired) electrons. The van der Waals surface area contributed by atoms with E-state index in [1.54, 1.807) is 0 Å². The van der Waals surface area contributed by atoms with E-state index in [4.69, 9.17) is 10.2 Å². The van der Waals surface area contributed by atoms with E-state index in [9.17, 15) is 9.59 Å². The van der Waals surface area contributed by atoms with Crippen molar-refractivity contribution < 1.29 is 39.0 Å². The van der Waals surface area contributed by atoms with Gasteiger partial charge in [0.1, 0.15) is 0 Å². The largest absolute Gasteiger partial charge is 0.179 e. The van der Waals surface area contributed by atoms with Crippen molar-refractivity contribution in [1.29, 1.82) is 0 Å². The van der Waals surface area contributed by atoms with Crippen molar-refractivity contribution in [2.45, 2.75) is 12.8 Å². The summed E-state index contributed by atoms with van der Waals surface area (Å²) in [5.41, 5.74) is 11.0. The minimum absolute atomic E-state index is 0. The Morgan fingerprint density at radius 2 is 0.950 bits per heavy atom. The Balaban J connectivity index is 0.000000533. The van der Waals surface area contributed by atoms with Crippen molar-refractivity contribution in [3.63, 3.8) is 0 Å². The average Bonchev–Trinajstić information content (AvgIpc) is 3.53. The van der Waals surface area contributed by atoms with Crippen molar-refractivity contribution >= 4 is 19.6 Å². The van der Waals surface area contributed by atoms with E-state index in [0.29, 0.717) is 0 Å². The number of carboxylic acids is 2. The molecule has 0 atom stereocenters. The summed E-state index contributed by atoms with van der Waals surface area (Å²) in [6, 6.07) is 36.2. The molecule has 0 fully saturated rings. The molecule has 4 nitrogen and oxygen atoms in total. The standard InChI is InChI=1S/2C13H9.2C3H4O2.2CH3.H2Si.Ti/c2*1-3-7-12-10(5-1)9-11-6-2-4-8-13(11)12;2*1-2-3(4)5;;;;/h2*1-5,7-8H,9H2;2*2H,1H2,(H,4,5);2*1H3;1H2;/q2*-1;;;2*-1;;. The van der Waals surface area contributed by atoms with Crippen LogP contribution in [0.15, 0.2) is 110 Å². The van der Waals surface area contributed by atoms with Crippen LogP contribution in [0, 0.1) is 27.0 Å². The van der Waals surface area contributed by atoms with Crippen LogP contribution in [0.2, 0.25) is 0 Å². The maximum absolute atomic E-state index is 9.25. The normalized spacial score (nSPS) is 9.68. The van der Waals surface area contributed by atoms with Crippen LogP contribution in [0.25, 0.3) is 22.3 Å². The van der Waals surface area contributed by atoms with E-state index in [-0.39, 0.29) is 14.9 Å². The SMILES string of the molecule is C=CC(=O)O.C=CC(=O)O.[CH3-].[CH3-].[SiH2]=[Ti].[c-]1cccc2c1Cc1ccccc1-2.[c-]1cccc2c1Cc1ccccc1-2. The van der Waals surface area contributed by atoms with Crippen molar-refractivity contribution in [3.8, 4) is 22.3 Å². The summed E-state index contributed by atoms with van der Waals surface area (Å²) < 4.78 is 0. The monoisotopic (exact) mass is 582 g/mol. The minimum Gasteiger partial charge on any atom is -0.179 e. The second-order valence-corrected chi connectivity index (χ2v) is 7.88. The van der Waals surface area contributed by atoms with Gasteiger partial charge in [-0.05, 0) is 12.8 Å². The van der Waals surface area contributed by atoms with Gasteiger partial charge >= 0.3 is 38.7 Å². The van der Waals surface area contributed by atoms with Gasteiger partial charge in [-0.1, -0.05) is 83.9 Å². The molecule has 6 rings (SSSR count). The van der Waals surface area contributed by atoms with Crippen LogP contribution in [0.5, 0.6) is 0 Å². The molecule has 0 unspecified atom stereocenters. The molecule has 4 aromatic carbocycles. The molecule has 0 spiro atoms. The number of hydrogen-bond donors (Lipinski definition) is 2. The maximum Gasteiger partial charge on any atom is -0.0253 e. The first-order chi connectivity index (χ1) is 18.4. The van der Waals surface area contributed by atoms with Crippen LogP contribution in [-0.2, 0) is 41.6 Å². The summed E-state index contributed by atoms with van der Waals surface area (Å²) in [5.74, 6) is -1.96. The fraction of sp³-hybridized carbons (Fsp3) is 0.0588. The molecule has 0 heterocycles. The third-order valence-electron chi connectivity index (χ3n) is 5.58. The minimum atomic E-state index is -0.981. The summed E-state index contributed by atoms with van der Waals surface area (Å²) >= 11 is 2.03. The quantitative estimate of drug-likeness (QED) is 0.137. The fourth-order valence-electron chi connectivity index (χ4n) is 4.00. The van der Waals surface area contributed by atoms with Gasteiger partial charge in [0.05, 0.1) is 0 Å². The van der Waals surface area contributed by atoms with Crippen molar-refractivity contribution in [2.75, 3.05) is 0 Å². The van der Waals surface area contributed by atoms with Gasteiger partial charge in [0.25, 0.3) is 0 Å². The number of carbonyl (C=O) groups is 2. The Hall–Kier alpha value is -3.77. The fourth-order valence-corrected chi connectivity index (χ4v) is 4.00.